The Kier molecular flexibility index (Phi) is 7.40. The molecule has 2 aromatic rings. The van der Waals surface area contributed by atoms with Crippen LogP contribution < -0.4 is 20.1 Å². The number of hydrogen-bond donors (Lipinski definition) is 2. The number of nitrogens with one attached hydrogen (secondary N) is 2. The average Bonchev–Trinajstić information content (AvgIpc) is 3.01. The second kappa shape index (κ2) is 10.0. The summed E-state index contributed by atoms with van der Waals surface area (Å²) in [5, 5.41) is 6.47. The Bertz CT molecular complexity index is 1020. The van der Waals surface area contributed by atoms with Gasteiger partial charge in [-0.05, 0) is 43.7 Å². The van der Waals surface area contributed by atoms with Gasteiger partial charge >= 0.3 is 0 Å². The van der Waals surface area contributed by atoms with Gasteiger partial charge in [0.2, 0.25) is 10.0 Å². The normalized spacial score (nSPS) is 14.5. The van der Waals surface area contributed by atoms with Gasteiger partial charge in [0.25, 0.3) is 0 Å². The molecule has 168 valence electrons. The van der Waals surface area contributed by atoms with Crippen LogP contribution in [0, 0.1) is 0 Å². The molecule has 0 amide bonds. The molecule has 9 heteroatoms. The van der Waals surface area contributed by atoms with Crippen molar-refractivity contribution in [2.45, 2.75) is 37.8 Å². The van der Waals surface area contributed by atoms with E-state index in [1.807, 2.05) is 32.0 Å². The molecule has 0 unspecified atom stereocenters. The van der Waals surface area contributed by atoms with Gasteiger partial charge in [0, 0.05) is 44.9 Å². The number of rotatable bonds is 6. The summed E-state index contributed by atoms with van der Waals surface area (Å²) in [7, 11) is -0.209. The molecule has 0 spiro atoms. The SMILES string of the molecule is CN=C(NCc1ccc(S(=O)(=O)N(C)C(C)C)cc1)Nc1ccc2c(c1)OCCCO2. The van der Waals surface area contributed by atoms with E-state index in [4.69, 9.17) is 9.47 Å². The lowest BCUT2D eigenvalue weighted by atomic mass is 10.2. The summed E-state index contributed by atoms with van der Waals surface area (Å²) in [5.41, 5.74) is 1.77. The predicted octanol–water partition coefficient (Wildman–Crippen LogP) is 3.06. The molecule has 1 aliphatic rings. The van der Waals surface area contributed by atoms with Gasteiger partial charge in [-0.1, -0.05) is 12.1 Å². The fourth-order valence-corrected chi connectivity index (χ4v) is 4.33. The maximum atomic E-state index is 12.6. The number of nitrogens with zero attached hydrogens (tertiary/aromatic N) is 2. The third-order valence-electron chi connectivity index (χ3n) is 5.02. The topological polar surface area (TPSA) is 92.3 Å². The minimum Gasteiger partial charge on any atom is -0.490 e. The molecule has 31 heavy (non-hydrogen) atoms. The first-order valence-electron chi connectivity index (χ1n) is 10.3. The lowest BCUT2D eigenvalue weighted by molar-refractivity contribution is 0.297. The number of hydrogen-bond acceptors (Lipinski definition) is 5. The van der Waals surface area contributed by atoms with Crippen molar-refractivity contribution >= 4 is 21.7 Å². The fourth-order valence-electron chi connectivity index (χ4n) is 2.97. The first-order chi connectivity index (χ1) is 14.8. The Labute approximate surface area is 184 Å². The van der Waals surface area contributed by atoms with Crippen LogP contribution in [-0.4, -0.2) is 52.0 Å². The van der Waals surface area contributed by atoms with Gasteiger partial charge < -0.3 is 20.1 Å². The van der Waals surface area contributed by atoms with Crippen LogP contribution in [0.15, 0.2) is 52.4 Å². The molecule has 0 bridgehead atoms. The number of fused-ring (bicyclic) bond motifs is 1. The summed E-state index contributed by atoms with van der Waals surface area (Å²) in [6.07, 6.45) is 0.856. The molecule has 1 aliphatic heterocycles. The molecule has 0 aliphatic carbocycles. The van der Waals surface area contributed by atoms with Crippen LogP contribution >= 0.6 is 0 Å². The summed E-state index contributed by atoms with van der Waals surface area (Å²) < 4.78 is 37.9. The van der Waals surface area contributed by atoms with Crippen LogP contribution in [-0.2, 0) is 16.6 Å². The molecule has 8 nitrogen and oxygen atoms in total. The monoisotopic (exact) mass is 446 g/mol. The average molecular weight is 447 g/mol. The van der Waals surface area contributed by atoms with Gasteiger partial charge in [-0.2, -0.15) is 4.31 Å². The largest absolute Gasteiger partial charge is 0.490 e. The molecule has 0 radical (unpaired) electrons. The number of guanidine groups is 1. The zero-order valence-electron chi connectivity index (χ0n) is 18.4. The molecular formula is C22H30N4O4S. The van der Waals surface area contributed by atoms with Crippen LogP contribution in [0.25, 0.3) is 0 Å². The standard InChI is InChI=1S/C22H30N4O4S/c1-16(2)26(4)31(27,28)19-9-6-17(7-10-19)15-24-22(23-3)25-18-8-11-20-21(14-18)30-13-5-12-29-20/h6-11,14,16H,5,12-13,15H2,1-4H3,(H2,23,24,25). The van der Waals surface area contributed by atoms with Crippen LogP contribution in [0.3, 0.4) is 0 Å². The highest BCUT2D eigenvalue weighted by molar-refractivity contribution is 7.89. The number of anilines is 1. The van der Waals surface area contributed by atoms with E-state index in [2.05, 4.69) is 15.6 Å². The van der Waals surface area contributed by atoms with E-state index in [0.29, 0.717) is 31.5 Å². The van der Waals surface area contributed by atoms with Gasteiger partial charge in [-0.15, -0.1) is 0 Å². The third-order valence-corrected chi connectivity index (χ3v) is 7.07. The quantitative estimate of drug-likeness (QED) is 0.523. The van der Waals surface area contributed by atoms with Crippen molar-refractivity contribution in [2.24, 2.45) is 4.99 Å². The van der Waals surface area contributed by atoms with E-state index in [1.54, 1.807) is 38.4 Å². The van der Waals surface area contributed by atoms with E-state index in [-0.39, 0.29) is 10.9 Å². The maximum Gasteiger partial charge on any atom is 0.243 e. The lowest BCUT2D eigenvalue weighted by Gasteiger charge is -2.21. The molecule has 0 atom stereocenters. The highest BCUT2D eigenvalue weighted by Crippen LogP contribution is 2.32. The van der Waals surface area contributed by atoms with Crippen molar-refractivity contribution in [3.63, 3.8) is 0 Å². The van der Waals surface area contributed by atoms with Crippen molar-refractivity contribution in [2.75, 3.05) is 32.6 Å². The van der Waals surface area contributed by atoms with E-state index >= 15 is 0 Å². The smallest absolute Gasteiger partial charge is 0.243 e. The predicted molar refractivity (Wildman–Crippen MR) is 122 cm³/mol. The Morgan fingerprint density at radius 1 is 1.10 bits per heavy atom. The van der Waals surface area contributed by atoms with Gasteiger partial charge in [-0.25, -0.2) is 8.42 Å². The summed E-state index contributed by atoms with van der Waals surface area (Å²) >= 11 is 0. The summed E-state index contributed by atoms with van der Waals surface area (Å²) in [6, 6.07) is 12.4. The zero-order valence-corrected chi connectivity index (χ0v) is 19.2. The second-order valence-corrected chi connectivity index (χ2v) is 9.52. The van der Waals surface area contributed by atoms with Crippen LogP contribution in [0.2, 0.25) is 0 Å². The highest BCUT2D eigenvalue weighted by atomic mass is 32.2. The third kappa shape index (κ3) is 5.68. The molecule has 3 rings (SSSR count). The van der Waals surface area contributed by atoms with E-state index < -0.39 is 10.0 Å². The van der Waals surface area contributed by atoms with Crippen LogP contribution in [0.4, 0.5) is 5.69 Å². The van der Waals surface area contributed by atoms with E-state index in [1.165, 1.54) is 4.31 Å². The van der Waals surface area contributed by atoms with Gasteiger partial charge in [0.15, 0.2) is 17.5 Å². The van der Waals surface area contributed by atoms with Crippen LogP contribution in [0.5, 0.6) is 11.5 Å². The molecule has 0 saturated carbocycles. The second-order valence-electron chi connectivity index (χ2n) is 7.52. The van der Waals surface area contributed by atoms with E-state index in [9.17, 15) is 8.42 Å². The van der Waals surface area contributed by atoms with Crippen molar-refractivity contribution in [1.29, 1.82) is 0 Å². The summed E-state index contributed by atoms with van der Waals surface area (Å²) in [5.74, 6) is 2.04. The zero-order chi connectivity index (χ0) is 22.4. The molecule has 2 aromatic carbocycles. The summed E-state index contributed by atoms with van der Waals surface area (Å²) in [4.78, 5) is 4.53. The van der Waals surface area contributed by atoms with Crippen molar-refractivity contribution in [3.8, 4) is 11.5 Å². The Morgan fingerprint density at radius 2 is 1.77 bits per heavy atom. The van der Waals surface area contributed by atoms with Crippen molar-refractivity contribution in [3.05, 3.63) is 48.0 Å². The highest BCUT2D eigenvalue weighted by Gasteiger charge is 2.22. The molecule has 0 fully saturated rings. The number of benzene rings is 2. The first-order valence-corrected chi connectivity index (χ1v) is 11.7. The van der Waals surface area contributed by atoms with Gasteiger partial charge in [-0.3, -0.25) is 4.99 Å². The molecular weight excluding hydrogens is 416 g/mol. The molecule has 0 saturated heterocycles. The number of ether oxygens (including phenoxy) is 2. The molecule has 0 aromatic heterocycles. The Morgan fingerprint density at radius 3 is 2.42 bits per heavy atom. The Balaban J connectivity index is 1.62. The molecule has 2 N–H and O–H groups in total. The maximum absolute atomic E-state index is 12.6. The van der Waals surface area contributed by atoms with Crippen molar-refractivity contribution in [1.82, 2.24) is 9.62 Å². The minimum atomic E-state index is -3.49. The minimum absolute atomic E-state index is 0.106. The lowest BCUT2D eigenvalue weighted by Crippen LogP contribution is -2.33. The fraction of sp³-hybridized carbons (Fsp3) is 0.409. The van der Waals surface area contributed by atoms with Gasteiger partial charge in [0.05, 0.1) is 18.1 Å². The molecule has 1 heterocycles. The van der Waals surface area contributed by atoms with Gasteiger partial charge in [0.1, 0.15) is 0 Å². The first kappa shape index (κ1) is 22.9. The number of aliphatic imine (C=N–C) groups is 1. The van der Waals surface area contributed by atoms with E-state index in [0.717, 1.165) is 23.4 Å². The Hall–Kier alpha value is -2.78. The van der Waals surface area contributed by atoms with Crippen molar-refractivity contribution < 1.29 is 17.9 Å². The number of sulfonamides is 1. The van der Waals surface area contributed by atoms with Crippen LogP contribution in [0.1, 0.15) is 25.8 Å². The summed E-state index contributed by atoms with van der Waals surface area (Å²) in [6.45, 7) is 5.46.